The van der Waals surface area contributed by atoms with E-state index >= 15 is 0 Å². The molecule has 0 fully saturated rings. The number of amides is 1. The van der Waals surface area contributed by atoms with Crippen molar-refractivity contribution >= 4 is 17.4 Å². The first kappa shape index (κ1) is 13.1. The number of nitrogen functional groups attached to an aromatic ring is 1. The summed E-state index contributed by atoms with van der Waals surface area (Å²) in [7, 11) is 0. The van der Waals surface area contributed by atoms with Gasteiger partial charge in [0.25, 0.3) is 5.91 Å². The molecule has 0 unspecified atom stereocenters. The van der Waals surface area contributed by atoms with Gasteiger partial charge in [-0.2, -0.15) is 0 Å². The number of aryl methyl sites for hydroxylation is 2. The van der Waals surface area contributed by atoms with Crippen LogP contribution in [0.4, 0.5) is 11.5 Å². The standard InChI is InChI=1S/C14H18N4O/c1-3-6-18-9-11(15)8-12(18)14(19)17-13-7-10(2)4-5-16-13/h4-5,7-9H,3,6,15H2,1-2H3,(H,16,17,19). The molecule has 3 N–H and O–H groups in total. The summed E-state index contributed by atoms with van der Waals surface area (Å²) in [5.41, 5.74) is 7.95. The average molecular weight is 258 g/mol. The van der Waals surface area contributed by atoms with E-state index in [1.165, 1.54) is 0 Å². The lowest BCUT2D eigenvalue weighted by Gasteiger charge is -2.08. The number of carbonyl (C=O) groups is 1. The van der Waals surface area contributed by atoms with Crippen LogP contribution in [0.1, 0.15) is 29.4 Å². The quantitative estimate of drug-likeness (QED) is 0.884. The van der Waals surface area contributed by atoms with E-state index in [0.29, 0.717) is 17.2 Å². The maximum absolute atomic E-state index is 12.2. The van der Waals surface area contributed by atoms with Gasteiger partial charge in [-0.05, 0) is 37.1 Å². The Kier molecular flexibility index (Phi) is 3.85. The van der Waals surface area contributed by atoms with Gasteiger partial charge in [-0.15, -0.1) is 0 Å². The minimum absolute atomic E-state index is 0.191. The summed E-state index contributed by atoms with van der Waals surface area (Å²) in [5.74, 6) is 0.357. The van der Waals surface area contributed by atoms with Gasteiger partial charge in [0.15, 0.2) is 0 Å². The molecular formula is C14H18N4O. The molecule has 5 nitrogen and oxygen atoms in total. The number of nitrogens with two attached hydrogens (primary N) is 1. The fourth-order valence-corrected chi connectivity index (χ4v) is 1.93. The zero-order valence-electron chi connectivity index (χ0n) is 11.2. The first-order valence-electron chi connectivity index (χ1n) is 6.30. The Morgan fingerprint density at radius 1 is 1.47 bits per heavy atom. The van der Waals surface area contributed by atoms with Gasteiger partial charge >= 0.3 is 0 Å². The van der Waals surface area contributed by atoms with Gasteiger partial charge in [0.1, 0.15) is 11.5 Å². The molecule has 2 aromatic rings. The van der Waals surface area contributed by atoms with E-state index in [2.05, 4.69) is 17.2 Å². The number of nitrogens with zero attached hydrogens (tertiary/aromatic N) is 2. The lowest BCUT2D eigenvalue weighted by molar-refractivity contribution is 0.101. The van der Waals surface area contributed by atoms with Gasteiger partial charge in [-0.3, -0.25) is 4.79 Å². The van der Waals surface area contributed by atoms with E-state index in [9.17, 15) is 4.79 Å². The topological polar surface area (TPSA) is 72.9 Å². The molecule has 0 aromatic carbocycles. The van der Waals surface area contributed by atoms with Gasteiger partial charge in [0, 0.05) is 18.9 Å². The van der Waals surface area contributed by atoms with Crippen LogP contribution in [0.3, 0.4) is 0 Å². The van der Waals surface area contributed by atoms with Crippen LogP contribution in [0, 0.1) is 6.92 Å². The van der Waals surface area contributed by atoms with Crippen LogP contribution in [0.5, 0.6) is 0 Å². The molecule has 0 atom stereocenters. The van der Waals surface area contributed by atoms with Crippen LogP contribution in [-0.4, -0.2) is 15.5 Å². The van der Waals surface area contributed by atoms with Crippen LogP contribution < -0.4 is 11.1 Å². The van der Waals surface area contributed by atoms with Crippen molar-refractivity contribution in [3.8, 4) is 0 Å². The lowest BCUT2D eigenvalue weighted by Crippen LogP contribution is -2.17. The monoisotopic (exact) mass is 258 g/mol. The number of carbonyl (C=O) groups excluding carboxylic acids is 1. The van der Waals surface area contributed by atoms with E-state index in [1.54, 1.807) is 18.5 Å². The molecule has 1 amide bonds. The van der Waals surface area contributed by atoms with Crippen LogP contribution >= 0.6 is 0 Å². The largest absolute Gasteiger partial charge is 0.397 e. The fourth-order valence-electron chi connectivity index (χ4n) is 1.93. The number of anilines is 2. The molecule has 0 spiro atoms. The summed E-state index contributed by atoms with van der Waals surface area (Å²) in [6, 6.07) is 5.39. The van der Waals surface area contributed by atoms with E-state index < -0.39 is 0 Å². The summed E-state index contributed by atoms with van der Waals surface area (Å²) in [4.78, 5) is 16.3. The van der Waals surface area contributed by atoms with Crippen molar-refractivity contribution in [3.63, 3.8) is 0 Å². The molecule has 19 heavy (non-hydrogen) atoms. The van der Waals surface area contributed by atoms with Gasteiger partial charge in [0.2, 0.25) is 0 Å². The molecule has 0 aliphatic rings. The Morgan fingerprint density at radius 3 is 2.95 bits per heavy atom. The van der Waals surface area contributed by atoms with Gasteiger partial charge in [-0.25, -0.2) is 4.98 Å². The molecule has 0 aliphatic carbocycles. The zero-order chi connectivity index (χ0) is 13.8. The van der Waals surface area contributed by atoms with Crippen molar-refractivity contribution in [2.45, 2.75) is 26.8 Å². The highest BCUT2D eigenvalue weighted by molar-refractivity contribution is 6.03. The van der Waals surface area contributed by atoms with Crippen LogP contribution in [0.15, 0.2) is 30.6 Å². The third-order valence-corrected chi connectivity index (χ3v) is 2.77. The van der Waals surface area contributed by atoms with Crippen molar-refractivity contribution in [3.05, 3.63) is 41.9 Å². The van der Waals surface area contributed by atoms with Gasteiger partial charge < -0.3 is 15.6 Å². The van der Waals surface area contributed by atoms with Crippen LogP contribution in [-0.2, 0) is 6.54 Å². The Morgan fingerprint density at radius 2 is 2.26 bits per heavy atom. The predicted molar refractivity (Wildman–Crippen MR) is 76.1 cm³/mol. The molecule has 0 radical (unpaired) electrons. The van der Waals surface area contributed by atoms with E-state index in [-0.39, 0.29) is 5.91 Å². The van der Waals surface area contributed by atoms with Gasteiger partial charge in [0.05, 0.1) is 5.69 Å². The number of hydrogen-bond donors (Lipinski definition) is 2. The number of aromatic nitrogens is 2. The highest BCUT2D eigenvalue weighted by Crippen LogP contribution is 2.14. The zero-order valence-corrected chi connectivity index (χ0v) is 11.2. The second-order valence-corrected chi connectivity index (χ2v) is 4.52. The van der Waals surface area contributed by atoms with Crippen molar-refractivity contribution in [1.82, 2.24) is 9.55 Å². The Bertz CT molecular complexity index is 589. The minimum Gasteiger partial charge on any atom is -0.397 e. The lowest BCUT2D eigenvalue weighted by atomic mass is 10.3. The second kappa shape index (κ2) is 5.56. The number of pyridine rings is 1. The van der Waals surface area contributed by atoms with Crippen LogP contribution in [0.2, 0.25) is 0 Å². The van der Waals surface area contributed by atoms with Crippen LogP contribution in [0.25, 0.3) is 0 Å². The van der Waals surface area contributed by atoms with E-state index in [0.717, 1.165) is 18.5 Å². The van der Waals surface area contributed by atoms with Crippen molar-refractivity contribution in [1.29, 1.82) is 0 Å². The molecule has 2 rings (SSSR count). The number of rotatable bonds is 4. The summed E-state index contributed by atoms with van der Waals surface area (Å²) < 4.78 is 1.86. The number of nitrogens with one attached hydrogen (secondary N) is 1. The first-order chi connectivity index (χ1) is 9.10. The molecule has 2 heterocycles. The third kappa shape index (κ3) is 3.13. The van der Waals surface area contributed by atoms with Crippen molar-refractivity contribution in [2.75, 3.05) is 11.1 Å². The summed E-state index contributed by atoms with van der Waals surface area (Å²) in [5, 5.41) is 2.78. The highest BCUT2D eigenvalue weighted by atomic mass is 16.2. The smallest absolute Gasteiger partial charge is 0.273 e. The molecule has 0 saturated carbocycles. The molecule has 0 aliphatic heterocycles. The Balaban J connectivity index is 2.20. The first-order valence-corrected chi connectivity index (χ1v) is 6.30. The Labute approximate surface area is 112 Å². The predicted octanol–water partition coefficient (Wildman–Crippen LogP) is 2.44. The average Bonchev–Trinajstić information content (AvgIpc) is 2.71. The number of hydrogen-bond acceptors (Lipinski definition) is 3. The maximum Gasteiger partial charge on any atom is 0.273 e. The second-order valence-electron chi connectivity index (χ2n) is 4.52. The van der Waals surface area contributed by atoms with Crippen molar-refractivity contribution < 1.29 is 4.79 Å². The Hall–Kier alpha value is -2.30. The van der Waals surface area contributed by atoms with E-state index in [1.807, 2.05) is 23.6 Å². The SMILES string of the molecule is CCCn1cc(N)cc1C(=O)Nc1cc(C)ccn1. The normalized spacial score (nSPS) is 10.4. The molecule has 0 bridgehead atoms. The summed E-state index contributed by atoms with van der Waals surface area (Å²) in [6.07, 6.45) is 4.39. The fraction of sp³-hybridized carbons (Fsp3) is 0.286. The minimum atomic E-state index is -0.191. The van der Waals surface area contributed by atoms with Crippen molar-refractivity contribution in [2.24, 2.45) is 0 Å². The highest BCUT2D eigenvalue weighted by Gasteiger charge is 2.13. The summed E-state index contributed by atoms with van der Waals surface area (Å²) in [6.45, 7) is 4.77. The molecule has 0 saturated heterocycles. The molecular weight excluding hydrogens is 240 g/mol. The maximum atomic E-state index is 12.2. The van der Waals surface area contributed by atoms with E-state index in [4.69, 9.17) is 5.73 Å². The molecule has 100 valence electrons. The molecule has 2 aromatic heterocycles. The third-order valence-electron chi connectivity index (χ3n) is 2.77. The summed E-state index contributed by atoms with van der Waals surface area (Å²) >= 11 is 0. The molecule has 5 heteroatoms. The van der Waals surface area contributed by atoms with Gasteiger partial charge in [-0.1, -0.05) is 6.92 Å².